The first kappa shape index (κ1) is 32.6. The van der Waals surface area contributed by atoms with Gasteiger partial charge in [-0.15, -0.1) is 0 Å². The number of nitrogens with zero attached hydrogens (tertiary/aromatic N) is 2. The largest absolute Gasteiger partial charge is 0.416 e. The van der Waals surface area contributed by atoms with Crippen LogP contribution in [0.2, 0.25) is 0 Å². The summed E-state index contributed by atoms with van der Waals surface area (Å²) in [4.78, 5) is 28.1. The van der Waals surface area contributed by atoms with Crippen LogP contribution in [0, 0.1) is 5.82 Å². The van der Waals surface area contributed by atoms with Crippen LogP contribution in [0.3, 0.4) is 0 Å². The summed E-state index contributed by atoms with van der Waals surface area (Å²) in [5.41, 5.74) is -1.000. The lowest BCUT2D eigenvalue weighted by molar-refractivity contribution is -0.140. The van der Waals surface area contributed by atoms with Crippen molar-refractivity contribution in [2.45, 2.75) is 63.3 Å². The van der Waals surface area contributed by atoms with Gasteiger partial charge in [0, 0.05) is 12.6 Å². The second-order valence-electron chi connectivity index (χ2n) is 9.76. The minimum atomic E-state index is -4.77. The number of alkyl halides is 3. The van der Waals surface area contributed by atoms with Crippen molar-refractivity contribution in [3.8, 4) is 0 Å². The Labute approximate surface area is 243 Å². The van der Waals surface area contributed by atoms with Gasteiger partial charge in [0.1, 0.15) is 18.4 Å². The zero-order chi connectivity index (χ0) is 31.1. The molecule has 2 atom stereocenters. The van der Waals surface area contributed by atoms with Crippen LogP contribution < -0.4 is 9.62 Å². The molecule has 3 rings (SSSR count). The van der Waals surface area contributed by atoms with E-state index in [0.29, 0.717) is 22.4 Å². The summed E-state index contributed by atoms with van der Waals surface area (Å²) in [5, 5.41) is 2.83. The van der Waals surface area contributed by atoms with Crippen LogP contribution in [0.1, 0.15) is 44.7 Å². The van der Waals surface area contributed by atoms with Crippen molar-refractivity contribution in [3.63, 3.8) is 0 Å². The minimum absolute atomic E-state index is 0.157. The van der Waals surface area contributed by atoms with E-state index in [9.17, 15) is 35.6 Å². The van der Waals surface area contributed by atoms with Crippen LogP contribution in [-0.2, 0) is 32.3 Å². The smallest absolute Gasteiger partial charge is 0.352 e. The van der Waals surface area contributed by atoms with Gasteiger partial charge in [-0.2, -0.15) is 13.2 Å². The Balaban J connectivity index is 2.10. The number of hydrogen-bond donors (Lipinski definition) is 1. The first-order valence-corrected chi connectivity index (χ1v) is 14.8. The molecule has 3 aromatic carbocycles. The van der Waals surface area contributed by atoms with E-state index in [1.165, 1.54) is 59.5 Å². The maximum atomic E-state index is 14.0. The molecule has 1 N–H and O–H groups in total. The monoisotopic (exact) mass is 607 g/mol. The Hall–Kier alpha value is -3.93. The second kappa shape index (κ2) is 13.8. The second-order valence-corrected chi connectivity index (χ2v) is 11.6. The number of hydrogen-bond acceptors (Lipinski definition) is 4. The Morgan fingerprint density at radius 1 is 0.905 bits per heavy atom. The molecule has 42 heavy (non-hydrogen) atoms. The van der Waals surface area contributed by atoms with Gasteiger partial charge >= 0.3 is 6.18 Å². The first-order chi connectivity index (χ1) is 19.8. The molecule has 2 amide bonds. The highest BCUT2D eigenvalue weighted by Crippen LogP contribution is 2.33. The van der Waals surface area contributed by atoms with Crippen molar-refractivity contribution in [2.24, 2.45) is 0 Å². The van der Waals surface area contributed by atoms with Gasteiger partial charge in [0.15, 0.2) is 0 Å². The van der Waals surface area contributed by atoms with Crippen LogP contribution in [0.15, 0.2) is 83.8 Å². The maximum absolute atomic E-state index is 14.0. The van der Waals surface area contributed by atoms with Crippen molar-refractivity contribution in [2.75, 3.05) is 10.8 Å². The van der Waals surface area contributed by atoms with Gasteiger partial charge in [-0.1, -0.05) is 50.2 Å². The summed E-state index contributed by atoms with van der Waals surface area (Å²) in [5.74, 6) is -1.82. The van der Waals surface area contributed by atoms with E-state index in [4.69, 9.17) is 0 Å². The van der Waals surface area contributed by atoms with E-state index in [1.54, 1.807) is 19.9 Å². The van der Waals surface area contributed by atoms with Crippen LogP contribution >= 0.6 is 0 Å². The van der Waals surface area contributed by atoms with Gasteiger partial charge in [0.05, 0.1) is 16.1 Å². The zero-order valence-electron chi connectivity index (χ0n) is 23.4. The summed E-state index contributed by atoms with van der Waals surface area (Å²) in [6.07, 6.45) is -3.99. The van der Waals surface area contributed by atoms with Crippen LogP contribution in [-0.4, -0.2) is 43.8 Å². The Morgan fingerprint density at radius 3 is 2.12 bits per heavy atom. The maximum Gasteiger partial charge on any atom is 0.416 e. The van der Waals surface area contributed by atoms with Crippen molar-refractivity contribution < 1.29 is 35.6 Å². The lowest BCUT2D eigenvalue weighted by Gasteiger charge is -2.33. The average molecular weight is 608 g/mol. The van der Waals surface area contributed by atoms with Gasteiger partial charge in [0.2, 0.25) is 11.8 Å². The fraction of sp³-hybridized carbons (Fsp3) is 0.333. The lowest BCUT2D eigenvalue weighted by Crippen LogP contribution is -2.53. The van der Waals surface area contributed by atoms with Gasteiger partial charge in [-0.25, -0.2) is 12.8 Å². The van der Waals surface area contributed by atoms with Gasteiger partial charge < -0.3 is 10.2 Å². The molecule has 0 heterocycles. The highest BCUT2D eigenvalue weighted by atomic mass is 32.2. The summed E-state index contributed by atoms with van der Waals surface area (Å²) < 4.78 is 82.4. The molecule has 0 aliphatic heterocycles. The molecule has 0 fully saturated rings. The molecule has 2 unspecified atom stereocenters. The van der Waals surface area contributed by atoms with E-state index < -0.39 is 52.0 Å². The molecule has 0 aromatic heterocycles. The molecule has 7 nitrogen and oxygen atoms in total. The Morgan fingerprint density at radius 2 is 1.55 bits per heavy atom. The fourth-order valence-corrected chi connectivity index (χ4v) is 5.66. The standard InChI is InChI=1S/C30H33F4N3O4S/c1-4-21(3)35-29(39)27(5-2)36(19-22-14-16-24(31)17-15-22)28(38)20-37(42(40,41)26-12-7-6-8-13-26)25-11-9-10-23(18-25)30(32,33)34/h6-18,21,27H,4-5,19-20H2,1-3H3,(H,35,39). The quantitative estimate of drug-likeness (QED) is 0.265. The normalized spacial score (nSPS) is 13.2. The number of carbonyl (C=O) groups excluding carboxylic acids is 2. The number of nitrogens with one attached hydrogen (secondary N) is 1. The van der Waals surface area contributed by atoms with Crippen LogP contribution in [0.5, 0.6) is 0 Å². The molecule has 0 saturated carbocycles. The van der Waals surface area contributed by atoms with Crippen molar-refractivity contribution in [1.29, 1.82) is 0 Å². The van der Waals surface area contributed by atoms with Crippen molar-refractivity contribution in [3.05, 3.63) is 95.8 Å². The Kier molecular flexibility index (Phi) is 10.7. The number of amides is 2. The van der Waals surface area contributed by atoms with Crippen LogP contribution in [0.4, 0.5) is 23.2 Å². The minimum Gasteiger partial charge on any atom is -0.352 e. The summed E-state index contributed by atoms with van der Waals surface area (Å²) >= 11 is 0. The molecule has 0 radical (unpaired) electrons. The molecule has 12 heteroatoms. The third kappa shape index (κ3) is 8.09. The topological polar surface area (TPSA) is 86.8 Å². The highest BCUT2D eigenvalue weighted by Gasteiger charge is 2.36. The van der Waals surface area contributed by atoms with Crippen LogP contribution in [0.25, 0.3) is 0 Å². The molecule has 3 aromatic rings. The van der Waals surface area contributed by atoms with E-state index in [2.05, 4.69) is 5.32 Å². The molecule has 0 aliphatic carbocycles. The lowest BCUT2D eigenvalue weighted by atomic mass is 10.1. The van der Waals surface area contributed by atoms with Gasteiger partial charge in [0.25, 0.3) is 10.0 Å². The number of sulfonamides is 1. The number of rotatable bonds is 12. The number of halogens is 4. The van der Waals surface area contributed by atoms with Gasteiger partial charge in [-0.3, -0.25) is 13.9 Å². The zero-order valence-corrected chi connectivity index (χ0v) is 24.3. The predicted octanol–water partition coefficient (Wildman–Crippen LogP) is 5.76. The molecule has 226 valence electrons. The predicted molar refractivity (Wildman–Crippen MR) is 151 cm³/mol. The van der Waals surface area contributed by atoms with E-state index in [0.717, 1.165) is 12.1 Å². The summed E-state index contributed by atoms with van der Waals surface area (Å²) in [6, 6.07) is 14.7. The fourth-order valence-electron chi connectivity index (χ4n) is 4.23. The number of benzene rings is 3. The number of carbonyl (C=O) groups is 2. The summed E-state index contributed by atoms with van der Waals surface area (Å²) in [6.45, 7) is 4.27. The molecule has 0 spiro atoms. The molecule has 0 bridgehead atoms. The highest BCUT2D eigenvalue weighted by molar-refractivity contribution is 7.92. The van der Waals surface area contributed by atoms with Crippen molar-refractivity contribution >= 4 is 27.5 Å². The van der Waals surface area contributed by atoms with E-state index in [-0.39, 0.29) is 29.6 Å². The van der Waals surface area contributed by atoms with E-state index >= 15 is 0 Å². The Bertz CT molecular complexity index is 1470. The average Bonchev–Trinajstić information content (AvgIpc) is 2.96. The molecular weight excluding hydrogens is 574 g/mol. The molecule has 0 aliphatic rings. The van der Waals surface area contributed by atoms with Crippen molar-refractivity contribution in [1.82, 2.24) is 10.2 Å². The molecule has 0 saturated heterocycles. The third-order valence-electron chi connectivity index (χ3n) is 6.72. The first-order valence-electron chi connectivity index (χ1n) is 13.4. The molecular formula is C30H33F4N3O4S. The SMILES string of the molecule is CCC(C)NC(=O)C(CC)N(Cc1ccc(F)cc1)C(=O)CN(c1cccc(C(F)(F)F)c1)S(=O)(=O)c1ccccc1. The number of anilines is 1. The van der Waals surface area contributed by atoms with Gasteiger partial charge in [-0.05, 0) is 67.8 Å². The third-order valence-corrected chi connectivity index (χ3v) is 8.51. The van der Waals surface area contributed by atoms with E-state index in [1.807, 2.05) is 6.92 Å². The summed E-state index contributed by atoms with van der Waals surface area (Å²) in [7, 11) is -4.53.